The lowest BCUT2D eigenvalue weighted by atomic mass is 9.99. The quantitative estimate of drug-likeness (QED) is 0.838. The molecule has 0 aliphatic carbocycles. The maximum absolute atomic E-state index is 12.9. The van der Waals surface area contributed by atoms with E-state index < -0.39 is 0 Å². The first-order chi connectivity index (χ1) is 12.6. The van der Waals surface area contributed by atoms with Gasteiger partial charge in [0, 0.05) is 31.7 Å². The van der Waals surface area contributed by atoms with Gasteiger partial charge in [0.05, 0.1) is 0 Å². The van der Waals surface area contributed by atoms with Crippen LogP contribution in [0.15, 0.2) is 48.5 Å². The molecular formula is C22H27FN2O. The van der Waals surface area contributed by atoms with Gasteiger partial charge in [0.25, 0.3) is 0 Å². The van der Waals surface area contributed by atoms with Gasteiger partial charge in [-0.05, 0) is 60.6 Å². The van der Waals surface area contributed by atoms with Crippen molar-refractivity contribution in [2.45, 2.75) is 39.2 Å². The summed E-state index contributed by atoms with van der Waals surface area (Å²) >= 11 is 0. The molecule has 26 heavy (non-hydrogen) atoms. The lowest BCUT2D eigenvalue weighted by molar-refractivity contribution is -0.121. The summed E-state index contributed by atoms with van der Waals surface area (Å²) in [5.41, 5.74) is 3.35. The van der Waals surface area contributed by atoms with Crippen molar-refractivity contribution in [2.75, 3.05) is 18.0 Å². The summed E-state index contributed by atoms with van der Waals surface area (Å²) in [6.07, 6.45) is 3.61. The average Bonchev–Trinajstić information content (AvgIpc) is 2.66. The van der Waals surface area contributed by atoms with Gasteiger partial charge in [0.2, 0.25) is 5.91 Å². The van der Waals surface area contributed by atoms with E-state index in [1.807, 2.05) is 0 Å². The molecule has 138 valence electrons. The Balaban J connectivity index is 1.44. The molecule has 0 saturated carbocycles. The van der Waals surface area contributed by atoms with E-state index in [9.17, 15) is 9.18 Å². The van der Waals surface area contributed by atoms with E-state index in [4.69, 9.17) is 0 Å². The van der Waals surface area contributed by atoms with Crippen LogP contribution in [0.1, 0.15) is 37.3 Å². The van der Waals surface area contributed by atoms with Crippen molar-refractivity contribution in [1.29, 1.82) is 0 Å². The molecule has 0 radical (unpaired) electrons. The van der Waals surface area contributed by atoms with Gasteiger partial charge < -0.3 is 10.2 Å². The SMILES string of the molecule is C[C@H]1CCCN(c2ccc(CNC(=O)CCc3ccc(F)cc3)cc2)C1. The Bertz CT molecular complexity index is 712. The Labute approximate surface area is 155 Å². The highest BCUT2D eigenvalue weighted by molar-refractivity contribution is 5.76. The number of aryl methyl sites for hydroxylation is 1. The topological polar surface area (TPSA) is 32.3 Å². The van der Waals surface area contributed by atoms with Crippen LogP contribution in [-0.2, 0) is 17.8 Å². The summed E-state index contributed by atoms with van der Waals surface area (Å²) in [7, 11) is 0. The third kappa shape index (κ3) is 5.32. The summed E-state index contributed by atoms with van der Waals surface area (Å²) in [5, 5.41) is 2.96. The first-order valence-corrected chi connectivity index (χ1v) is 9.45. The van der Waals surface area contributed by atoms with Crippen LogP contribution in [0.4, 0.5) is 10.1 Å². The fraction of sp³-hybridized carbons (Fsp3) is 0.409. The highest BCUT2D eigenvalue weighted by atomic mass is 19.1. The second-order valence-electron chi connectivity index (χ2n) is 7.26. The van der Waals surface area contributed by atoms with Crippen LogP contribution in [0.25, 0.3) is 0 Å². The van der Waals surface area contributed by atoms with Crippen molar-refractivity contribution >= 4 is 11.6 Å². The zero-order valence-electron chi connectivity index (χ0n) is 15.4. The molecule has 1 heterocycles. The van der Waals surface area contributed by atoms with Crippen LogP contribution in [0.3, 0.4) is 0 Å². The van der Waals surface area contributed by atoms with Gasteiger partial charge >= 0.3 is 0 Å². The van der Waals surface area contributed by atoms with Crippen LogP contribution in [-0.4, -0.2) is 19.0 Å². The second-order valence-corrected chi connectivity index (χ2v) is 7.26. The van der Waals surface area contributed by atoms with E-state index in [1.165, 1.54) is 30.7 Å². The number of hydrogen-bond donors (Lipinski definition) is 1. The number of hydrogen-bond acceptors (Lipinski definition) is 2. The Kier molecular flexibility index (Phi) is 6.26. The van der Waals surface area contributed by atoms with E-state index in [1.54, 1.807) is 12.1 Å². The van der Waals surface area contributed by atoms with E-state index in [0.29, 0.717) is 19.4 Å². The highest BCUT2D eigenvalue weighted by Gasteiger charge is 2.16. The van der Waals surface area contributed by atoms with Crippen LogP contribution < -0.4 is 10.2 Å². The standard InChI is InChI=1S/C22H27FN2O/c1-17-3-2-14-25(16-17)21-11-6-19(7-12-21)15-24-22(26)13-8-18-4-9-20(23)10-5-18/h4-7,9-12,17H,2-3,8,13-16H2,1H3,(H,24,26)/t17-/m0/s1. The molecule has 1 aliphatic heterocycles. The fourth-order valence-electron chi connectivity index (χ4n) is 3.45. The Hall–Kier alpha value is -2.36. The molecule has 1 saturated heterocycles. The van der Waals surface area contributed by atoms with E-state index in [0.717, 1.165) is 30.1 Å². The largest absolute Gasteiger partial charge is 0.371 e. The molecule has 3 rings (SSSR count). The molecule has 1 aliphatic rings. The minimum absolute atomic E-state index is 0.0169. The second kappa shape index (κ2) is 8.84. The van der Waals surface area contributed by atoms with Crippen molar-refractivity contribution in [3.05, 3.63) is 65.5 Å². The molecular weight excluding hydrogens is 327 g/mol. The summed E-state index contributed by atoms with van der Waals surface area (Å²) in [5.74, 6) is 0.521. The van der Waals surface area contributed by atoms with E-state index in [2.05, 4.69) is 41.4 Å². The highest BCUT2D eigenvalue weighted by Crippen LogP contribution is 2.23. The molecule has 2 aromatic rings. The van der Waals surface area contributed by atoms with Crippen LogP contribution >= 0.6 is 0 Å². The van der Waals surface area contributed by atoms with Crippen molar-refractivity contribution in [3.8, 4) is 0 Å². The number of nitrogens with zero attached hydrogens (tertiary/aromatic N) is 1. The van der Waals surface area contributed by atoms with Crippen molar-refractivity contribution in [1.82, 2.24) is 5.32 Å². The van der Waals surface area contributed by atoms with Crippen molar-refractivity contribution in [3.63, 3.8) is 0 Å². The Morgan fingerprint density at radius 3 is 2.50 bits per heavy atom. The summed E-state index contributed by atoms with van der Waals surface area (Å²) in [4.78, 5) is 14.5. The molecule has 3 nitrogen and oxygen atoms in total. The van der Waals surface area contributed by atoms with E-state index >= 15 is 0 Å². The summed E-state index contributed by atoms with van der Waals surface area (Å²) < 4.78 is 12.9. The maximum Gasteiger partial charge on any atom is 0.220 e. The normalized spacial score (nSPS) is 17.2. The van der Waals surface area contributed by atoms with E-state index in [-0.39, 0.29) is 11.7 Å². The molecule has 2 aromatic carbocycles. The Morgan fingerprint density at radius 2 is 1.81 bits per heavy atom. The summed E-state index contributed by atoms with van der Waals surface area (Å²) in [6, 6.07) is 14.8. The van der Waals surface area contributed by atoms with Crippen molar-refractivity contribution in [2.24, 2.45) is 5.92 Å². The van der Waals surface area contributed by atoms with Gasteiger partial charge in [-0.2, -0.15) is 0 Å². The average molecular weight is 354 g/mol. The predicted molar refractivity (Wildman–Crippen MR) is 104 cm³/mol. The van der Waals surface area contributed by atoms with Gasteiger partial charge in [0.15, 0.2) is 0 Å². The zero-order valence-corrected chi connectivity index (χ0v) is 15.4. The number of anilines is 1. The number of rotatable bonds is 6. The van der Waals surface area contributed by atoms with Gasteiger partial charge in [0.1, 0.15) is 5.82 Å². The number of carbonyl (C=O) groups excluding carboxylic acids is 1. The summed E-state index contributed by atoms with van der Waals surface area (Å²) in [6.45, 7) is 5.10. The lowest BCUT2D eigenvalue weighted by Crippen LogP contribution is -2.34. The molecule has 1 atom stereocenters. The van der Waals surface area contributed by atoms with Crippen LogP contribution in [0.5, 0.6) is 0 Å². The molecule has 0 aromatic heterocycles. The van der Waals surface area contributed by atoms with Crippen LogP contribution in [0.2, 0.25) is 0 Å². The third-order valence-electron chi connectivity index (χ3n) is 5.00. The predicted octanol–water partition coefficient (Wildman–Crippen LogP) is 4.31. The number of nitrogens with one attached hydrogen (secondary N) is 1. The molecule has 0 unspecified atom stereocenters. The fourth-order valence-corrected chi connectivity index (χ4v) is 3.45. The number of amides is 1. The van der Waals surface area contributed by atoms with Crippen molar-refractivity contribution < 1.29 is 9.18 Å². The Morgan fingerprint density at radius 1 is 1.12 bits per heavy atom. The monoisotopic (exact) mass is 354 g/mol. The smallest absolute Gasteiger partial charge is 0.220 e. The van der Waals surface area contributed by atoms with Gasteiger partial charge in [-0.3, -0.25) is 4.79 Å². The van der Waals surface area contributed by atoms with Crippen LogP contribution in [0, 0.1) is 11.7 Å². The number of carbonyl (C=O) groups is 1. The molecule has 1 fully saturated rings. The molecule has 4 heteroatoms. The number of halogens is 1. The van der Waals surface area contributed by atoms with Gasteiger partial charge in [-0.25, -0.2) is 4.39 Å². The zero-order chi connectivity index (χ0) is 18.4. The minimum atomic E-state index is -0.249. The first-order valence-electron chi connectivity index (χ1n) is 9.45. The third-order valence-corrected chi connectivity index (χ3v) is 5.00. The molecule has 0 bridgehead atoms. The maximum atomic E-state index is 12.9. The lowest BCUT2D eigenvalue weighted by Gasteiger charge is -2.32. The minimum Gasteiger partial charge on any atom is -0.371 e. The first kappa shape index (κ1) is 18.4. The molecule has 1 amide bonds. The molecule has 1 N–H and O–H groups in total. The number of piperidine rings is 1. The number of benzene rings is 2. The van der Waals surface area contributed by atoms with Gasteiger partial charge in [-0.1, -0.05) is 31.2 Å². The van der Waals surface area contributed by atoms with Gasteiger partial charge in [-0.15, -0.1) is 0 Å². The molecule has 0 spiro atoms.